The second-order valence-electron chi connectivity index (χ2n) is 8.68. The average molecular weight is 463 g/mol. The van der Waals surface area contributed by atoms with Gasteiger partial charge in [0.05, 0.1) is 5.69 Å². The Bertz CT molecular complexity index is 1220. The summed E-state index contributed by atoms with van der Waals surface area (Å²) in [6.45, 7) is 4.76. The van der Waals surface area contributed by atoms with Crippen LogP contribution in [0.4, 0.5) is 15.9 Å². The number of aromatic hydroxyl groups is 1. The van der Waals surface area contributed by atoms with Crippen LogP contribution in [-0.2, 0) is 4.79 Å². The Kier molecular flexibility index (Phi) is 6.06. The van der Waals surface area contributed by atoms with E-state index < -0.39 is 5.82 Å². The molecule has 1 aliphatic carbocycles. The van der Waals surface area contributed by atoms with Crippen LogP contribution in [0.25, 0.3) is 22.3 Å². The van der Waals surface area contributed by atoms with E-state index in [1.54, 1.807) is 12.1 Å². The summed E-state index contributed by atoms with van der Waals surface area (Å²) in [6.07, 6.45) is 2.24. The molecule has 7 nitrogen and oxygen atoms in total. The van der Waals surface area contributed by atoms with Crippen molar-refractivity contribution < 1.29 is 19.0 Å². The number of phenols is 1. The molecule has 0 radical (unpaired) electrons. The van der Waals surface area contributed by atoms with Crippen molar-refractivity contribution in [1.82, 2.24) is 10.3 Å². The van der Waals surface area contributed by atoms with Gasteiger partial charge in [0.1, 0.15) is 23.5 Å². The second kappa shape index (κ2) is 9.30. The first-order valence-corrected chi connectivity index (χ1v) is 11.5. The third-order valence-electron chi connectivity index (χ3n) is 5.98. The quantitative estimate of drug-likeness (QED) is 0.510. The van der Waals surface area contributed by atoms with Crippen LogP contribution >= 0.6 is 0 Å². The number of para-hydroxylation sites is 1. The number of hydrogen-bond acceptors (Lipinski definition) is 6. The Hall–Kier alpha value is -3.65. The summed E-state index contributed by atoms with van der Waals surface area (Å²) >= 11 is 0. The Morgan fingerprint density at radius 3 is 2.53 bits per heavy atom. The SMILES string of the molecule is CC(=O)Nc1ccc(-c2cccc(-c3cc(OC4CC4)nc(N4CCNCC4)c3)c2O)cc1F. The summed E-state index contributed by atoms with van der Waals surface area (Å²) in [7, 11) is 0. The predicted octanol–water partition coefficient (Wildman–Crippen LogP) is 4.17. The molecule has 0 unspecified atom stereocenters. The molecule has 34 heavy (non-hydrogen) atoms. The van der Waals surface area contributed by atoms with Crippen LogP contribution in [-0.4, -0.2) is 48.3 Å². The number of benzene rings is 2. The van der Waals surface area contributed by atoms with Gasteiger partial charge < -0.3 is 25.4 Å². The van der Waals surface area contributed by atoms with Gasteiger partial charge in [-0.25, -0.2) is 4.39 Å². The van der Waals surface area contributed by atoms with E-state index in [0.717, 1.165) is 50.4 Å². The van der Waals surface area contributed by atoms with Gasteiger partial charge in [-0.2, -0.15) is 4.98 Å². The Balaban J connectivity index is 1.53. The van der Waals surface area contributed by atoms with E-state index in [1.165, 1.54) is 19.1 Å². The molecule has 2 aliphatic rings. The van der Waals surface area contributed by atoms with Crippen LogP contribution in [0, 0.1) is 5.82 Å². The van der Waals surface area contributed by atoms with Crippen LogP contribution < -0.4 is 20.3 Å². The first kappa shape index (κ1) is 22.2. The van der Waals surface area contributed by atoms with Crippen molar-refractivity contribution in [2.24, 2.45) is 0 Å². The Morgan fingerprint density at radius 2 is 1.85 bits per heavy atom. The van der Waals surface area contributed by atoms with E-state index in [-0.39, 0.29) is 23.4 Å². The standard InChI is InChI=1S/C26H27FN4O3/c1-16(32)29-23-8-5-17(13-22(23)27)20-3-2-4-21(26(20)33)18-14-24(31-11-9-28-10-12-31)30-25(15-18)34-19-6-7-19/h2-5,8,13-15,19,28,33H,6-7,9-12H2,1H3,(H,29,32). The maximum Gasteiger partial charge on any atom is 0.221 e. The maximum atomic E-state index is 14.6. The molecule has 2 fully saturated rings. The first-order valence-electron chi connectivity index (χ1n) is 11.5. The van der Waals surface area contributed by atoms with Gasteiger partial charge in [-0.1, -0.05) is 24.3 Å². The van der Waals surface area contributed by atoms with E-state index in [4.69, 9.17) is 9.72 Å². The third-order valence-corrected chi connectivity index (χ3v) is 5.98. The van der Waals surface area contributed by atoms with Gasteiger partial charge in [0, 0.05) is 50.3 Å². The highest BCUT2D eigenvalue weighted by atomic mass is 19.1. The molecule has 176 valence electrons. The molecule has 1 saturated carbocycles. The number of carbonyl (C=O) groups excluding carboxylic acids is 1. The average Bonchev–Trinajstić information content (AvgIpc) is 3.65. The Morgan fingerprint density at radius 1 is 1.12 bits per heavy atom. The predicted molar refractivity (Wildman–Crippen MR) is 130 cm³/mol. The summed E-state index contributed by atoms with van der Waals surface area (Å²) in [5, 5.41) is 17.0. The minimum Gasteiger partial charge on any atom is -0.507 e. The molecule has 0 atom stereocenters. The fourth-order valence-electron chi connectivity index (χ4n) is 4.10. The molecular formula is C26H27FN4O3. The molecule has 1 aliphatic heterocycles. The number of aromatic nitrogens is 1. The van der Waals surface area contributed by atoms with Gasteiger partial charge in [0.25, 0.3) is 0 Å². The van der Waals surface area contributed by atoms with Crippen molar-refractivity contribution in [3.63, 3.8) is 0 Å². The van der Waals surface area contributed by atoms with Gasteiger partial charge >= 0.3 is 0 Å². The number of nitrogens with zero attached hydrogens (tertiary/aromatic N) is 2. The summed E-state index contributed by atoms with van der Waals surface area (Å²) in [5.41, 5.74) is 2.51. The monoisotopic (exact) mass is 462 g/mol. The number of anilines is 2. The molecule has 0 bridgehead atoms. The molecule has 8 heteroatoms. The number of halogens is 1. The van der Waals surface area contributed by atoms with Crippen LogP contribution in [0.2, 0.25) is 0 Å². The number of ether oxygens (including phenoxy) is 1. The molecule has 1 amide bonds. The zero-order valence-electron chi connectivity index (χ0n) is 19.0. The fourth-order valence-corrected chi connectivity index (χ4v) is 4.10. The highest BCUT2D eigenvalue weighted by Crippen LogP contribution is 2.41. The lowest BCUT2D eigenvalue weighted by molar-refractivity contribution is -0.114. The van der Waals surface area contributed by atoms with Crippen molar-refractivity contribution >= 4 is 17.4 Å². The van der Waals surface area contributed by atoms with Gasteiger partial charge in [0.2, 0.25) is 11.8 Å². The molecule has 2 heterocycles. The van der Waals surface area contributed by atoms with E-state index >= 15 is 0 Å². The number of phenolic OH excluding ortho intramolecular Hbond substituents is 1. The summed E-state index contributed by atoms with van der Waals surface area (Å²) in [5.74, 6) is 0.486. The van der Waals surface area contributed by atoms with E-state index in [9.17, 15) is 14.3 Å². The van der Waals surface area contributed by atoms with E-state index in [0.29, 0.717) is 22.6 Å². The molecule has 5 rings (SSSR count). The first-order chi connectivity index (χ1) is 16.5. The van der Waals surface area contributed by atoms with Gasteiger partial charge in [0.15, 0.2) is 0 Å². The zero-order chi connectivity index (χ0) is 23.7. The number of amides is 1. The van der Waals surface area contributed by atoms with Crippen LogP contribution in [0.15, 0.2) is 48.5 Å². The van der Waals surface area contributed by atoms with Crippen LogP contribution in [0.5, 0.6) is 11.6 Å². The van der Waals surface area contributed by atoms with Crippen LogP contribution in [0.3, 0.4) is 0 Å². The number of hydrogen-bond donors (Lipinski definition) is 3. The number of rotatable bonds is 6. The number of pyridine rings is 1. The molecule has 0 spiro atoms. The third kappa shape index (κ3) is 4.82. The minimum absolute atomic E-state index is 0.0454. The molecule has 3 aromatic rings. The normalized spacial score (nSPS) is 15.8. The van der Waals surface area contributed by atoms with E-state index in [2.05, 4.69) is 15.5 Å². The lowest BCUT2D eigenvalue weighted by Gasteiger charge is -2.29. The summed E-state index contributed by atoms with van der Waals surface area (Å²) in [6, 6.07) is 13.7. The molecule has 1 aromatic heterocycles. The van der Waals surface area contributed by atoms with E-state index in [1.807, 2.05) is 24.3 Å². The van der Waals surface area contributed by atoms with Gasteiger partial charge in [-0.05, 0) is 42.2 Å². The lowest BCUT2D eigenvalue weighted by atomic mass is 9.97. The van der Waals surface area contributed by atoms with Crippen LogP contribution in [0.1, 0.15) is 19.8 Å². The minimum atomic E-state index is -0.567. The van der Waals surface area contributed by atoms with Crippen molar-refractivity contribution in [3.05, 3.63) is 54.3 Å². The lowest BCUT2D eigenvalue weighted by Crippen LogP contribution is -2.43. The van der Waals surface area contributed by atoms with Crippen molar-refractivity contribution in [2.45, 2.75) is 25.9 Å². The molecule has 3 N–H and O–H groups in total. The smallest absolute Gasteiger partial charge is 0.221 e. The molecule has 1 saturated heterocycles. The van der Waals surface area contributed by atoms with Crippen molar-refractivity contribution in [1.29, 1.82) is 0 Å². The zero-order valence-corrected chi connectivity index (χ0v) is 19.0. The number of nitrogens with one attached hydrogen (secondary N) is 2. The summed E-state index contributed by atoms with van der Waals surface area (Å²) < 4.78 is 20.6. The highest BCUT2D eigenvalue weighted by Gasteiger charge is 2.25. The molecule has 2 aromatic carbocycles. The van der Waals surface area contributed by atoms with Crippen molar-refractivity contribution in [3.8, 4) is 33.9 Å². The number of carbonyl (C=O) groups is 1. The topological polar surface area (TPSA) is 86.7 Å². The fraction of sp³-hybridized carbons (Fsp3) is 0.308. The maximum absolute atomic E-state index is 14.6. The summed E-state index contributed by atoms with van der Waals surface area (Å²) in [4.78, 5) is 18.2. The van der Waals surface area contributed by atoms with Gasteiger partial charge in [-0.15, -0.1) is 0 Å². The molecular weight excluding hydrogens is 435 g/mol. The number of piperazine rings is 1. The van der Waals surface area contributed by atoms with Crippen molar-refractivity contribution in [2.75, 3.05) is 36.4 Å². The van der Waals surface area contributed by atoms with Gasteiger partial charge in [-0.3, -0.25) is 4.79 Å². The second-order valence-corrected chi connectivity index (χ2v) is 8.68. The highest BCUT2D eigenvalue weighted by molar-refractivity contribution is 5.90. The Labute approximate surface area is 197 Å². The largest absolute Gasteiger partial charge is 0.507 e.